The summed E-state index contributed by atoms with van der Waals surface area (Å²) in [4.78, 5) is 12.3. The number of hydrogen-bond donors (Lipinski definition) is 2. The van der Waals surface area contributed by atoms with Crippen LogP contribution >= 0.6 is 12.4 Å². The summed E-state index contributed by atoms with van der Waals surface area (Å²) < 4.78 is 13.1. The Kier molecular flexibility index (Phi) is 6.73. The Hall–Kier alpha value is -1.91. The molecule has 1 atom stereocenters. The van der Waals surface area contributed by atoms with Crippen molar-refractivity contribution in [2.45, 2.75) is 25.8 Å². The van der Waals surface area contributed by atoms with E-state index in [0.29, 0.717) is 13.0 Å². The number of benzene rings is 2. The zero-order valence-corrected chi connectivity index (χ0v) is 14.1. The number of carbonyl (C=O) groups excluding carboxylic acids is 1. The molecule has 0 spiro atoms. The lowest BCUT2D eigenvalue weighted by atomic mass is 9.92. The highest BCUT2D eigenvalue weighted by Gasteiger charge is 2.29. The first-order valence-corrected chi connectivity index (χ1v) is 7.29. The molecule has 0 bridgehead atoms. The zero-order valence-electron chi connectivity index (χ0n) is 13.3. The van der Waals surface area contributed by atoms with Crippen molar-refractivity contribution in [1.82, 2.24) is 5.32 Å². The van der Waals surface area contributed by atoms with Gasteiger partial charge in [0, 0.05) is 6.54 Å². The molecule has 0 heterocycles. The van der Waals surface area contributed by atoms with Crippen LogP contribution in [0.4, 0.5) is 4.39 Å². The average molecular weight is 337 g/mol. The summed E-state index contributed by atoms with van der Waals surface area (Å²) in [5.41, 5.74) is 7.74. The number of amides is 1. The van der Waals surface area contributed by atoms with Crippen LogP contribution < -0.4 is 11.1 Å². The van der Waals surface area contributed by atoms with Gasteiger partial charge in [0.15, 0.2) is 0 Å². The molecule has 2 aromatic carbocycles. The van der Waals surface area contributed by atoms with Gasteiger partial charge in [-0.3, -0.25) is 4.79 Å². The zero-order chi connectivity index (χ0) is 16.2. The number of halogens is 2. The minimum absolute atomic E-state index is 0. The van der Waals surface area contributed by atoms with E-state index < -0.39 is 5.54 Å². The molecule has 2 rings (SSSR count). The molecule has 0 aliphatic carbocycles. The topological polar surface area (TPSA) is 55.1 Å². The molecule has 124 valence electrons. The van der Waals surface area contributed by atoms with E-state index >= 15 is 0 Å². The van der Waals surface area contributed by atoms with Gasteiger partial charge in [-0.1, -0.05) is 36.4 Å². The lowest BCUT2D eigenvalue weighted by molar-refractivity contribution is -0.126. The smallest absolute Gasteiger partial charge is 0.244 e. The number of rotatable bonds is 5. The Bertz CT molecular complexity index is 659. The molecule has 0 fully saturated rings. The maximum Gasteiger partial charge on any atom is 0.244 e. The molecule has 0 saturated heterocycles. The molecule has 3 N–H and O–H groups in total. The summed E-state index contributed by atoms with van der Waals surface area (Å²) >= 11 is 0. The molecular formula is C18H22ClFN2O. The Balaban J connectivity index is 0.00000264. The van der Waals surface area contributed by atoms with Crippen LogP contribution in [0.2, 0.25) is 0 Å². The summed E-state index contributed by atoms with van der Waals surface area (Å²) in [5, 5.41) is 2.85. The van der Waals surface area contributed by atoms with Gasteiger partial charge in [0.25, 0.3) is 0 Å². The number of carbonyl (C=O) groups is 1. The number of hydrogen-bond acceptors (Lipinski definition) is 2. The van der Waals surface area contributed by atoms with Crippen molar-refractivity contribution in [3.05, 3.63) is 71.0 Å². The normalized spacial score (nSPS) is 12.9. The van der Waals surface area contributed by atoms with Gasteiger partial charge < -0.3 is 11.1 Å². The fourth-order valence-electron chi connectivity index (χ4n) is 2.35. The van der Waals surface area contributed by atoms with E-state index in [2.05, 4.69) is 5.32 Å². The van der Waals surface area contributed by atoms with E-state index in [4.69, 9.17) is 5.73 Å². The fourth-order valence-corrected chi connectivity index (χ4v) is 2.35. The van der Waals surface area contributed by atoms with Gasteiger partial charge in [-0.25, -0.2) is 4.39 Å². The number of nitrogens with one attached hydrogen (secondary N) is 1. The highest BCUT2D eigenvalue weighted by molar-refractivity contribution is 5.87. The first kappa shape index (κ1) is 19.1. The Labute approximate surface area is 142 Å². The molecular weight excluding hydrogens is 315 g/mol. The highest BCUT2D eigenvalue weighted by Crippen LogP contribution is 2.17. The van der Waals surface area contributed by atoms with Gasteiger partial charge in [-0.2, -0.15) is 0 Å². The third-order valence-electron chi connectivity index (χ3n) is 3.83. The maximum absolute atomic E-state index is 13.1. The SMILES string of the molecule is Cc1cc(F)ccc1CCNC(=O)C(C)(N)c1ccccc1.Cl. The molecule has 0 saturated carbocycles. The summed E-state index contributed by atoms with van der Waals surface area (Å²) in [7, 11) is 0. The second kappa shape index (κ2) is 8.09. The fraction of sp³-hybridized carbons (Fsp3) is 0.278. The predicted octanol–water partition coefficient (Wildman–Crippen LogP) is 3.09. The van der Waals surface area contributed by atoms with Gasteiger partial charge in [0.2, 0.25) is 5.91 Å². The van der Waals surface area contributed by atoms with E-state index in [0.717, 1.165) is 16.7 Å². The molecule has 23 heavy (non-hydrogen) atoms. The Morgan fingerprint density at radius 2 is 1.87 bits per heavy atom. The lowest BCUT2D eigenvalue weighted by Crippen LogP contribution is -2.49. The minimum Gasteiger partial charge on any atom is -0.354 e. The molecule has 3 nitrogen and oxygen atoms in total. The van der Waals surface area contributed by atoms with E-state index in [9.17, 15) is 9.18 Å². The van der Waals surface area contributed by atoms with E-state index in [1.807, 2.05) is 37.3 Å². The predicted molar refractivity (Wildman–Crippen MR) is 93.1 cm³/mol. The summed E-state index contributed by atoms with van der Waals surface area (Å²) in [6, 6.07) is 13.9. The Morgan fingerprint density at radius 3 is 2.48 bits per heavy atom. The van der Waals surface area contributed by atoms with Crippen molar-refractivity contribution >= 4 is 18.3 Å². The van der Waals surface area contributed by atoms with Gasteiger partial charge in [-0.05, 0) is 49.1 Å². The van der Waals surface area contributed by atoms with Gasteiger partial charge in [0.05, 0.1) is 0 Å². The number of aryl methyl sites for hydroxylation is 1. The molecule has 1 amide bonds. The van der Waals surface area contributed by atoms with Crippen LogP contribution in [-0.2, 0) is 16.8 Å². The second-order valence-corrected chi connectivity index (χ2v) is 5.65. The third kappa shape index (κ3) is 4.78. The Morgan fingerprint density at radius 1 is 1.22 bits per heavy atom. The molecule has 0 radical (unpaired) electrons. The van der Waals surface area contributed by atoms with Crippen molar-refractivity contribution in [1.29, 1.82) is 0 Å². The molecule has 2 aromatic rings. The van der Waals surface area contributed by atoms with Crippen molar-refractivity contribution in [3.8, 4) is 0 Å². The first-order chi connectivity index (χ1) is 10.4. The van der Waals surface area contributed by atoms with Crippen molar-refractivity contribution in [2.75, 3.05) is 6.54 Å². The summed E-state index contributed by atoms with van der Waals surface area (Å²) in [6.07, 6.45) is 0.642. The molecule has 5 heteroatoms. The van der Waals surface area contributed by atoms with Crippen LogP contribution in [0.3, 0.4) is 0 Å². The second-order valence-electron chi connectivity index (χ2n) is 5.65. The van der Waals surface area contributed by atoms with Gasteiger partial charge in [0.1, 0.15) is 11.4 Å². The minimum atomic E-state index is -1.07. The van der Waals surface area contributed by atoms with Crippen LogP contribution in [0.1, 0.15) is 23.6 Å². The lowest BCUT2D eigenvalue weighted by Gasteiger charge is -2.24. The maximum atomic E-state index is 13.1. The number of nitrogens with two attached hydrogens (primary N) is 1. The third-order valence-corrected chi connectivity index (χ3v) is 3.83. The van der Waals surface area contributed by atoms with Crippen molar-refractivity contribution in [3.63, 3.8) is 0 Å². The molecule has 0 aromatic heterocycles. The van der Waals surface area contributed by atoms with E-state index in [1.54, 1.807) is 13.0 Å². The van der Waals surface area contributed by atoms with Gasteiger partial charge in [-0.15, -0.1) is 12.4 Å². The van der Waals surface area contributed by atoms with Crippen molar-refractivity contribution in [2.24, 2.45) is 5.73 Å². The summed E-state index contributed by atoms with van der Waals surface area (Å²) in [6.45, 7) is 4.02. The molecule has 0 aliphatic heterocycles. The van der Waals surface area contributed by atoms with Crippen LogP contribution in [-0.4, -0.2) is 12.5 Å². The van der Waals surface area contributed by atoms with E-state index in [1.165, 1.54) is 12.1 Å². The largest absolute Gasteiger partial charge is 0.354 e. The quantitative estimate of drug-likeness (QED) is 0.881. The first-order valence-electron chi connectivity index (χ1n) is 7.29. The standard InChI is InChI=1S/C18H21FN2O.ClH/c1-13-12-16(19)9-8-14(13)10-11-21-17(22)18(2,20)15-6-4-3-5-7-15;/h3-9,12H,10-11,20H2,1-2H3,(H,21,22);1H. The van der Waals surface area contributed by atoms with Crippen molar-refractivity contribution < 1.29 is 9.18 Å². The van der Waals surface area contributed by atoms with E-state index in [-0.39, 0.29) is 24.1 Å². The van der Waals surface area contributed by atoms with Crippen LogP contribution in [0, 0.1) is 12.7 Å². The molecule has 1 unspecified atom stereocenters. The molecule has 0 aliphatic rings. The highest BCUT2D eigenvalue weighted by atomic mass is 35.5. The summed E-state index contributed by atoms with van der Waals surface area (Å²) in [5.74, 6) is -0.470. The van der Waals surface area contributed by atoms with Crippen LogP contribution in [0.25, 0.3) is 0 Å². The van der Waals surface area contributed by atoms with Crippen LogP contribution in [0.15, 0.2) is 48.5 Å². The van der Waals surface area contributed by atoms with Crippen LogP contribution in [0.5, 0.6) is 0 Å². The van der Waals surface area contributed by atoms with Gasteiger partial charge >= 0.3 is 0 Å². The average Bonchev–Trinajstić information content (AvgIpc) is 2.50. The monoisotopic (exact) mass is 336 g/mol.